The van der Waals surface area contributed by atoms with Crippen LogP contribution in [0, 0.1) is 32.6 Å². The largest absolute Gasteiger partial charge is 0.336 e. The second-order valence-electron chi connectivity index (χ2n) is 6.34. The first-order valence-corrected chi connectivity index (χ1v) is 7.42. The smallest absolute Gasteiger partial charge is 0.243 e. The van der Waals surface area contributed by atoms with Crippen molar-refractivity contribution >= 4 is 17.5 Å². The number of carbonyl (C=O) groups excluding carboxylic acids is 2. The maximum Gasteiger partial charge on any atom is 0.243 e. The Labute approximate surface area is 126 Å². The fourth-order valence-corrected chi connectivity index (χ4v) is 2.80. The minimum absolute atomic E-state index is 0.0787. The molecular weight excluding hydrogens is 264 g/mol. The van der Waals surface area contributed by atoms with Gasteiger partial charge in [0.05, 0.1) is 6.54 Å². The fourth-order valence-electron chi connectivity index (χ4n) is 2.80. The van der Waals surface area contributed by atoms with Gasteiger partial charge < -0.3 is 10.2 Å². The summed E-state index contributed by atoms with van der Waals surface area (Å²) in [5.41, 5.74) is 4.13. The number of rotatable bonds is 4. The summed E-state index contributed by atoms with van der Waals surface area (Å²) in [6.45, 7) is 8.17. The van der Waals surface area contributed by atoms with E-state index in [0.29, 0.717) is 5.92 Å². The highest BCUT2D eigenvalue weighted by atomic mass is 16.2. The lowest BCUT2D eigenvalue weighted by molar-refractivity contribution is -0.134. The van der Waals surface area contributed by atoms with Crippen molar-refractivity contribution in [2.24, 2.45) is 11.8 Å². The molecule has 0 spiro atoms. The number of carbonyl (C=O) groups is 2. The minimum Gasteiger partial charge on any atom is -0.336 e. The number of nitrogens with one attached hydrogen (secondary N) is 1. The van der Waals surface area contributed by atoms with Crippen molar-refractivity contribution in [1.82, 2.24) is 4.90 Å². The first-order valence-electron chi connectivity index (χ1n) is 7.42. The molecule has 4 nitrogen and oxygen atoms in total. The van der Waals surface area contributed by atoms with Crippen LogP contribution in [0.25, 0.3) is 0 Å². The van der Waals surface area contributed by atoms with Crippen LogP contribution in [0.15, 0.2) is 12.1 Å². The first-order chi connectivity index (χ1) is 9.79. The van der Waals surface area contributed by atoms with Gasteiger partial charge in [-0.1, -0.05) is 24.6 Å². The van der Waals surface area contributed by atoms with Crippen LogP contribution in [0.5, 0.6) is 0 Å². The van der Waals surface area contributed by atoms with Crippen LogP contribution in [0.2, 0.25) is 0 Å². The van der Waals surface area contributed by atoms with E-state index >= 15 is 0 Å². The van der Waals surface area contributed by atoms with Crippen molar-refractivity contribution in [3.63, 3.8) is 0 Å². The number of anilines is 1. The third kappa shape index (κ3) is 3.63. The number of benzene rings is 1. The lowest BCUT2D eigenvalue weighted by Gasteiger charge is -2.18. The summed E-state index contributed by atoms with van der Waals surface area (Å²) in [6, 6.07) is 4.09. The maximum atomic E-state index is 12.1. The molecule has 0 saturated heterocycles. The van der Waals surface area contributed by atoms with E-state index in [2.05, 4.69) is 12.2 Å². The van der Waals surface area contributed by atoms with Gasteiger partial charge in [-0.3, -0.25) is 9.59 Å². The zero-order valence-corrected chi connectivity index (χ0v) is 13.5. The minimum atomic E-state index is -0.144. The Bertz CT molecular complexity index is 557. The predicted octanol–water partition coefficient (Wildman–Crippen LogP) is 2.66. The Morgan fingerprint density at radius 1 is 1.24 bits per heavy atom. The highest BCUT2D eigenvalue weighted by molar-refractivity contribution is 5.96. The average Bonchev–Trinajstić information content (AvgIpc) is 3.09. The Balaban J connectivity index is 1.97. The van der Waals surface area contributed by atoms with Gasteiger partial charge in [0.15, 0.2) is 0 Å². The van der Waals surface area contributed by atoms with Gasteiger partial charge in [0.2, 0.25) is 11.8 Å². The molecular formula is C17H24N2O2. The van der Waals surface area contributed by atoms with Gasteiger partial charge in [-0.15, -0.1) is 0 Å². The Kier molecular flexibility index (Phi) is 4.35. The number of amides is 2. The molecule has 1 aliphatic rings. The summed E-state index contributed by atoms with van der Waals surface area (Å²) in [5.74, 6) is 0.513. The molecule has 2 rings (SSSR count). The lowest BCUT2D eigenvalue weighted by Crippen LogP contribution is -2.36. The molecule has 1 saturated carbocycles. The highest BCUT2D eigenvalue weighted by Crippen LogP contribution is 2.38. The SMILES string of the molecule is Cc1cc(C)c(NC(=O)CN(C)C(=O)C2CC2C)c(C)c1. The molecule has 1 fully saturated rings. The molecule has 1 aromatic rings. The van der Waals surface area contributed by atoms with Crippen LogP contribution in [-0.2, 0) is 9.59 Å². The van der Waals surface area contributed by atoms with Gasteiger partial charge in [-0.05, 0) is 44.2 Å². The fraction of sp³-hybridized carbons (Fsp3) is 0.529. The molecule has 0 bridgehead atoms. The molecule has 0 aromatic heterocycles. The van der Waals surface area contributed by atoms with Crippen molar-refractivity contribution in [2.75, 3.05) is 18.9 Å². The molecule has 0 aliphatic heterocycles. The van der Waals surface area contributed by atoms with Crippen molar-refractivity contribution in [2.45, 2.75) is 34.1 Å². The molecule has 2 amide bonds. The zero-order valence-electron chi connectivity index (χ0n) is 13.5. The summed E-state index contributed by atoms with van der Waals surface area (Å²) in [7, 11) is 1.70. The quantitative estimate of drug-likeness (QED) is 0.926. The van der Waals surface area contributed by atoms with E-state index in [9.17, 15) is 9.59 Å². The standard InChI is InChI=1S/C17H24N2O2/c1-10-6-12(3)16(13(4)7-10)18-15(20)9-19(5)17(21)14-8-11(14)2/h6-7,11,14H,8-9H2,1-5H3,(H,18,20). The second-order valence-corrected chi connectivity index (χ2v) is 6.34. The van der Waals surface area contributed by atoms with E-state index in [1.807, 2.05) is 32.9 Å². The number of aryl methyl sites for hydroxylation is 3. The summed E-state index contributed by atoms with van der Waals surface area (Å²) >= 11 is 0. The zero-order chi connectivity index (χ0) is 15.7. The van der Waals surface area contributed by atoms with Crippen molar-refractivity contribution in [3.05, 3.63) is 28.8 Å². The molecule has 1 aliphatic carbocycles. The average molecular weight is 288 g/mol. The third-order valence-electron chi connectivity index (χ3n) is 4.13. The van der Waals surface area contributed by atoms with E-state index in [-0.39, 0.29) is 24.3 Å². The van der Waals surface area contributed by atoms with Gasteiger partial charge >= 0.3 is 0 Å². The molecule has 114 valence electrons. The summed E-state index contributed by atoms with van der Waals surface area (Å²) in [4.78, 5) is 25.7. The Hall–Kier alpha value is -1.84. The monoisotopic (exact) mass is 288 g/mol. The van der Waals surface area contributed by atoms with E-state index < -0.39 is 0 Å². The van der Waals surface area contributed by atoms with Crippen molar-refractivity contribution in [3.8, 4) is 0 Å². The molecule has 1 aromatic carbocycles. The summed E-state index contributed by atoms with van der Waals surface area (Å²) in [5, 5.41) is 2.93. The van der Waals surface area contributed by atoms with Crippen LogP contribution < -0.4 is 5.32 Å². The van der Waals surface area contributed by atoms with Gasteiger partial charge in [0, 0.05) is 18.7 Å². The number of likely N-dealkylation sites (N-methyl/N-ethyl adjacent to an activating group) is 1. The van der Waals surface area contributed by atoms with Crippen LogP contribution >= 0.6 is 0 Å². The van der Waals surface area contributed by atoms with Crippen LogP contribution in [0.4, 0.5) is 5.69 Å². The van der Waals surface area contributed by atoms with E-state index in [0.717, 1.165) is 23.2 Å². The topological polar surface area (TPSA) is 49.4 Å². The van der Waals surface area contributed by atoms with E-state index in [1.165, 1.54) is 10.5 Å². The van der Waals surface area contributed by atoms with E-state index in [1.54, 1.807) is 7.05 Å². The number of nitrogens with zero attached hydrogens (tertiary/aromatic N) is 1. The molecule has 0 radical (unpaired) electrons. The molecule has 2 atom stereocenters. The normalized spacial score (nSPS) is 20.0. The van der Waals surface area contributed by atoms with Gasteiger partial charge in [0.1, 0.15) is 0 Å². The van der Waals surface area contributed by atoms with Crippen molar-refractivity contribution in [1.29, 1.82) is 0 Å². The molecule has 21 heavy (non-hydrogen) atoms. The van der Waals surface area contributed by atoms with E-state index in [4.69, 9.17) is 0 Å². The summed E-state index contributed by atoms with van der Waals surface area (Å²) < 4.78 is 0. The van der Waals surface area contributed by atoms with Crippen molar-refractivity contribution < 1.29 is 9.59 Å². The highest BCUT2D eigenvalue weighted by Gasteiger charge is 2.40. The first kappa shape index (κ1) is 15.5. The van der Waals surface area contributed by atoms with Gasteiger partial charge in [0.25, 0.3) is 0 Å². The molecule has 2 unspecified atom stereocenters. The predicted molar refractivity (Wildman–Crippen MR) is 84.2 cm³/mol. The second kappa shape index (κ2) is 5.88. The Morgan fingerprint density at radius 3 is 2.24 bits per heavy atom. The maximum absolute atomic E-state index is 12.1. The summed E-state index contributed by atoms with van der Waals surface area (Å²) in [6.07, 6.45) is 0.945. The molecule has 0 heterocycles. The Morgan fingerprint density at radius 2 is 1.76 bits per heavy atom. The van der Waals surface area contributed by atoms with Crippen LogP contribution in [0.3, 0.4) is 0 Å². The molecule has 1 N–H and O–H groups in total. The number of hydrogen-bond acceptors (Lipinski definition) is 2. The van der Waals surface area contributed by atoms with Gasteiger partial charge in [-0.25, -0.2) is 0 Å². The number of hydrogen-bond donors (Lipinski definition) is 1. The van der Waals surface area contributed by atoms with Gasteiger partial charge in [-0.2, -0.15) is 0 Å². The van der Waals surface area contributed by atoms with Crippen LogP contribution in [-0.4, -0.2) is 30.3 Å². The third-order valence-corrected chi connectivity index (χ3v) is 4.13. The van der Waals surface area contributed by atoms with Crippen LogP contribution in [0.1, 0.15) is 30.0 Å². The molecule has 4 heteroatoms. The lowest BCUT2D eigenvalue weighted by atomic mass is 10.1.